The first-order chi connectivity index (χ1) is 9.60. The Morgan fingerprint density at radius 1 is 0.900 bits per heavy atom. The highest BCUT2D eigenvalue weighted by molar-refractivity contribution is 5.64. The molecule has 1 aromatic rings. The van der Waals surface area contributed by atoms with E-state index in [-0.39, 0.29) is 0 Å². The summed E-state index contributed by atoms with van der Waals surface area (Å²) in [5.41, 5.74) is 4.03. The fourth-order valence-corrected chi connectivity index (χ4v) is 2.49. The SMILES string of the molecule is COc1cc(N2CCC(C)=C(C)C2)cc(OC)c1OC. The van der Waals surface area contributed by atoms with Crippen molar-refractivity contribution in [1.29, 1.82) is 0 Å². The number of hydrogen-bond acceptors (Lipinski definition) is 4. The van der Waals surface area contributed by atoms with Crippen molar-refractivity contribution in [1.82, 2.24) is 0 Å². The lowest BCUT2D eigenvalue weighted by molar-refractivity contribution is 0.324. The van der Waals surface area contributed by atoms with Crippen molar-refractivity contribution in [2.24, 2.45) is 0 Å². The number of anilines is 1. The zero-order valence-electron chi connectivity index (χ0n) is 12.9. The highest BCUT2D eigenvalue weighted by Gasteiger charge is 2.19. The van der Waals surface area contributed by atoms with Gasteiger partial charge in [-0.3, -0.25) is 0 Å². The van der Waals surface area contributed by atoms with E-state index in [0.29, 0.717) is 17.2 Å². The standard InChI is InChI=1S/C16H23NO3/c1-11-6-7-17(10-12(11)2)13-8-14(18-3)16(20-5)15(9-13)19-4/h8-9H,6-7,10H2,1-5H3. The summed E-state index contributed by atoms with van der Waals surface area (Å²) in [4.78, 5) is 2.34. The van der Waals surface area contributed by atoms with Gasteiger partial charge in [0.1, 0.15) is 0 Å². The van der Waals surface area contributed by atoms with E-state index >= 15 is 0 Å². The predicted molar refractivity (Wildman–Crippen MR) is 81.3 cm³/mol. The third-order valence-corrected chi connectivity index (χ3v) is 3.93. The van der Waals surface area contributed by atoms with Gasteiger partial charge in [0.2, 0.25) is 5.75 Å². The maximum Gasteiger partial charge on any atom is 0.203 e. The van der Waals surface area contributed by atoms with E-state index in [4.69, 9.17) is 14.2 Å². The van der Waals surface area contributed by atoms with Crippen LogP contribution in [-0.4, -0.2) is 34.4 Å². The quantitative estimate of drug-likeness (QED) is 0.790. The van der Waals surface area contributed by atoms with Gasteiger partial charge >= 0.3 is 0 Å². The summed E-state index contributed by atoms with van der Waals surface area (Å²) in [6.45, 7) is 6.37. The molecular formula is C16H23NO3. The van der Waals surface area contributed by atoms with Crippen LogP contribution < -0.4 is 19.1 Å². The lowest BCUT2D eigenvalue weighted by atomic mass is 10.0. The van der Waals surface area contributed by atoms with Gasteiger partial charge in [0, 0.05) is 30.9 Å². The highest BCUT2D eigenvalue weighted by Crippen LogP contribution is 2.41. The molecule has 1 aliphatic rings. The van der Waals surface area contributed by atoms with E-state index in [1.54, 1.807) is 21.3 Å². The Morgan fingerprint density at radius 2 is 1.50 bits per heavy atom. The monoisotopic (exact) mass is 277 g/mol. The number of nitrogens with zero attached hydrogens (tertiary/aromatic N) is 1. The molecule has 2 rings (SSSR count). The summed E-state index contributed by atoms with van der Waals surface area (Å²) in [7, 11) is 4.91. The van der Waals surface area contributed by atoms with Crippen LogP contribution >= 0.6 is 0 Å². The van der Waals surface area contributed by atoms with E-state index in [2.05, 4.69) is 18.7 Å². The molecule has 4 heteroatoms. The molecule has 0 saturated heterocycles. The van der Waals surface area contributed by atoms with Crippen LogP contribution in [0.3, 0.4) is 0 Å². The molecule has 1 aliphatic heterocycles. The number of benzene rings is 1. The van der Waals surface area contributed by atoms with Gasteiger partial charge in [0.25, 0.3) is 0 Å². The third kappa shape index (κ3) is 2.69. The lowest BCUT2D eigenvalue weighted by Gasteiger charge is -2.31. The second-order valence-corrected chi connectivity index (χ2v) is 5.12. The molecule has 0 bridgehead atoms. The van der Waals surface area contributed by atoms with Crippen molar-refractivity contribution in [3.63, 3.8) is 0 Å². The summed E-state index contributed by atoms with van der Waals surface area (Å²) >= 11 is 0. The second-order valence-electron chi connectivity index (χ2n) is 5.12. The minimum Gasteiger partial charge on any atom is -0.493 e. The molecule has 110 valence electrons. The Labute approximate surface area is 120 Å². The van der Waals surface area contributed by atoms with Crippen molar-refractivity contribution in [2.45, 2.75) is 20.3 Å². The molecule has 4 nitrogen and oxygen atoms in total. The molecule has 20 heavy (non-hydrogen) atoms. The lowest BCUT2D eigenvalue weighted by Crippen LogP contribution is -2.30. The summed E-state index contributed by atoms with van der Waals surface area (Å²) in [6.07, 6.45) is 1.10. The molecule has 0 fully saturated rings. The summed E-state index contributed by atoms with van der Waals surface area (Å²) in [5.74, 6) is 2.04. The van der Waals surface area contributed by atoms with Crippen molar-refractivity contribution in [2.75, 3.05) is 39.3 Å². The van der Waals surface area contributed by atoms with Gasteiger partial charge in [-0.1, -0.05) is 11.1 Å². The Hall–Kier alpha value is -1.84. The maximum absolute atomic E-state index is 5.41. The van der Waals surface area contributed by atoms with E-state index in [9.17, 15) is 0 Å². The molecule has 0 aliphatic carbocycles. The van der Waals surface area contributed by atoms with Crippen LogP contribution in [0.4, 0.5) is 5.69 Å². The molecule has 0 atom stereocenters. The number of ether oxygens (including phenoxy) is 3. The molecule has 1 heterocycles. The molecular weight excluding hydrogens is 254 g/mol. The summed E-state index contributed by atoms with van der Waals surface area (Å²) < 4.78 is 16.2. The van der Waals surface area contributed by atoms with Crippen LogP contribution in [0.1, 0.15) is 20.3 Å². The Balaban J connectivity index is 2.38. The molecule has 0 radical (unpaired) electrons. The van der Waals surface area contributed by atoms with Crippen molar-refractivity contribution in [3.05, 3.63) is 23.3 Å². The van der Waals surface area contributed by atoms with Gasteiger partial charge in [-0.15, -0.1) is 0 Å². The summed E-state index contributed by atoms with van der Waals surface area (Å²) in [5, 5.41) is 0. The third-order valence-electron chi connectivity index (χ3n) is 3.93. The average Bonchev–Trinajstić information content (AvgIpc) is 2.48. The minimum absolute atomic E-state index is 0.638. The van der Waals surface area contributed by atoms with Crippen LogP contribution in [-0.2, 0) is 0 Å². The Kier molecular flexibility index (Phi) is 4.42. The highest BCUT2D eigenvalue weighted by atomic mass is 16.5. The largest absolute Gasteiger partial charge is 0.493 e. The first-order valence-electron chi connectivity index (χ1n) is 6.80. The van der Waals surface area contributed by atoms with Crippen LogP contribution in [0.15, 0.2) is 23.3 Å². The van der Waals surface area contributed by atoms with E-state index in [1.165, 1.54) is 11.1 Å². The number of hydrogen-bond donors (Lipinski definition) is 0. The molecule has 0 unspecified atom stereocenters. The van der Waals surface area contributed by atoms with Crippen molar-refractivity contribution < 1.29 is 14.2 Å². The van der Waals surface area contributed by atoms with Gasteiger partial charge in [0.05, 0.1) is 21.3 Å². The van der Waals surface area contributed by atoms with E-state index < -0.39 is 0 Å². The van der Waals surface area contributed by atoms with Crippen LogP contribution in [0.25, 0.3) is 0 Å². The minimum atomic E-state index is 0.638. The predicted octanol–water partition coefficient (Wildman–Crippen LogP) is 3.26. The van der Waals surface area contributed by atoms with Gasteiger partial charge < -0.3 is 19.1 Å². The number of methoxy groups -OCH3 is 3. The molecule has 0 aromatic heterocycles. The van der Waals surface area contributed by atoms with Gasteiger partial charge in [-0.05, 0) is 20.3 Å². The van der Waals surface area contributed by atoms with Crippen molar-refractivity contribution >= 4 is 5.69 Å². The first-order valence-corrected chi connectivity index (χ1v) is 6.80. The van der Waals surface area contributed by atoms with Crippen LogP contribution in [0.5, 0.6) is 17.2 Å². The molecule has 1 aromatic carbocycles. The van der Waals surface area contributed by atoms with Gasteiger partial charge in [-0.25, -0.2) is 0 Å². The zero-order valence-corrected chi connectivity index (χ0v) is 12.9. The topological polar surface area (TPSA) is 30.9 Å². The summed E-state index contributed by atoms with van der Waals surface area (Å²) in [6, 6.07) is 4.02. The van der Waals surface area contributed by atoms with Gasteiger partial charge in [0.15, 0.2) is 11.5 Å². The second kappa shape index (κ2) is 6.07. The molecule has 0 saturated carbocycles. The maximum atomic E-state index is 5.41. The normalized spacial score (nSPS) is 15.3. The fourth-order valence-electron chi connectivity index (χ4n) is 2.49. The van der Waals surface area contributed by atoms with Gasteiger partial charge in [-0.2, -0.15) is 0 Å². The Bertz CT molecular complexity index is 497. The molecule has 0 amide bonds. The smallest absolute Gasteiger partial charge is 0.203 e. The molecule has 0 spiro atoms. The zero-order chi connectivity index (χ0) is 14.7. The molecule has 0 N–H and O–H groups in total. The fraction of sp³-hybridized carbons (Fsp3) is 0.500. The van der Waals surface area contributed by atoms with Crippen LogP contribution in [0, 0.1) is 0 Å². The Morgan fingerprint density at radius 3 is 1.95 bits per heavy atom. The average molecular weight is 277 g/mol. The van der Waals surface area contributed by atoms with E-state index in [1.807, 2.05) is 12.1 Å². The number of rotatable bonds is 4. The first kappa shape index (κ1) is 14.6. The van der Waals surface area contributed by atoms with E-state index in [0.717, 1.165) is 25.2 Å². The van der Waals surface area contributed by atoms with Crippen LogP contribution in [0.2, 0.25) is 0 Å². The van der Waals surface area contributed by atoms with Crippen molar-refractivity contribution in [3.8, 4) is 17.2 Å².